The van der Waals surface area contributed by atoms with Gasteiger partial charge in [-0.05, 0) is 29.7 Å². The molecule has 2 N–H and O–H groups in total. The Bertz CT molecular complexity index is 758. The molecule has 0 saturated heterocycles. The largest absolute Gasteiger partial charge is 0.366 e. The number of rotatable bonds is 3. The summed E-state index contributed by atoms with van der Waals surface area (Å²) in [5.74, 6) is -0.668. The molecule has 0 aliphatic carbocycles. The summed E-state index contributed by atoms with van der Waals surface area (Å²) in [7, 11) is 0. The summed E-state index contributed by atoms with van der Waals surface area (Å²) in [4.78, 5) is 24.0. The minimum atomic E-state index is -0.668. The quantitative estimate of drug-likeness (QED) is 0.695. The zero-order chi connectivity index (χ0) is 15.7. The van der Waals surface area contributed by atoms with Gasteiger partial charge in [-0.3, -0.25) is 14.9 Å². The minimum absolute atomic E-state index is 0.0873. The number of benzene rings is 2. The number of nitrogens with two attached hydrogens (primary N) is 1. The summed E-state index contributed by atoms with van der Waals surface area (Å²) in [5.41, 5.74) is 8.22. The lowest BCUT2D eigenvalue weighted by atomic mass is 9.99. The van der Waals surface area contributed by atoms with Gasteiger partial charge >= 0.3 is 0 Å². The summed E-state index contributed by atoms with van der Waals surface area (Å²) in [6.07, 6.45) is 0.838. The zero-order valence-corrected chi connectivity index (χ0v) is 11.9. The van der Waals surface area contributed by atoms with Gasteiger partial charge in [-0.15, -0.1) is 0 Å². The Morgan fingerprint density at radius 1 is 1.18 bits per heavy atom. The molecule has 0 saturated carbocycles. The maximum absolute atomic E-state index is 11.3. The van der Waals surface area contributed by atoms with Gasteiger partial charge in [0.1, 0.15) is 5.69 Å². The fourth-order valence-corrected chi connectivity index (χ4v) is 2.79. The smallest absolute Gasteiger partial charge is 0.293 e. The monoisotopic (exact) mass is 297 g/mol. The van der Waals surface area contributed by atoms with E-state index < -0.39 is 10.8 Å². The molecule has 6 nitrogen and oxygen atoms in total. The number of fused-ring (bicyclic) bond motifs is 1. The van der Waals surface area contributed by atoms with E-state index in [-0.39, 0.29) is 11.3 Å². The van der Waals surface area contributed by atoms with Gasteiger partial charge in [-0.1, -0.05) is 24.3 Å². The van der Waals surface area contributed by atoms with E-state index in [2.05, 4.69) is 6.07 Å². The fraction of sp³-hybridized carbons (Fsp3) is 0.188. The minimum Gasteiger partial charge on any atom is -0.366 e. The topological polar surface area (TPSA) is 89.5 Å². The lowest BCUT2D eigenvalue weighted by molar-refractivity contribution is -0.384. The van der Waals surface area contributed by atoms with Crippen molar-refractivity contribution in [3.8, 4) is 0 Å². The van der Waals surface area contributed by atoms with Crippen LogP contribution >= 0.6 is 0 Å². The van der Waals surface area contributed by atoms with E-state index in [1.54, 1.807) is 6.07 Å². The highest BCUT2D eigenvalue weighted by atomic mass is 16.6. The predicted octanol–water partition coefficient (Wildman–Crippen LogP) is 2.26. The number of nitro groups is 1. The van der Waals surface area contributed by atoms with Crippen LogP contribution < -0.4 is 10.6 Å². The van der Waals surface area contributed by atoms with E-state index >= 15 is 0 Å². The van der Waals surface area contributed by atoms with Crippen LogP contribution in [0.25, 0.3) is 0 Å². The maximum Gasteiger partial charge on any atom is 0.293 e. The van der Waals surface area contributed by atoms with E-state index in [0.29, 0.717) is 18.8 Å². The summed E-state index contributed by atoms with van der Waals surface area (Å²) < 4.78 is 0. The molecule has 22 heavy (non-hydrogen) atoms. The summed E-state index contributed by atoms with van der Waals surface area (Å²) in [6.45, 7) is 1.32. The maximum atomic E-state index is 11.3. The van der Waals surface area contributed by atoms with Crippen LogP contribution in [0.4, 0.5) is 11.4 Å². The molecule has 1 aliphatic heterocycles. The number of hydrogen-bond acceptors (Lipinski definition) is 4. The first-order valence-electron chi connectivity index (χ1n) is 6.96. The predicted molar refractivity (Wildman–Crippen MR) is 82.8 cm³/mol. The molecule has 2 aromatic carbocycles. The van der Waals surface area contributed by atoms with Crippen LogP contribution in [0.3, 0.4) is 0 Å². The van der Waals surface area contributed by atoms with Gasteiger partial charge < -0.3 is 10.6 Å². The van der Waals surface area contributed by atoms with Gasteiger partial charge in [0.25, 0.3) is 5.69 Å². The Balaban J connectivity index is 1.99. The first kappa shape index (κ1) is 14.1. The Hall–Kier alpha value is -2.89. The van der Waals surface area contributed by atoms with Crippen molar-refractivity contribution in [2.75, 3.05) is 11.4 Å². The Morgan fingerprint density at radius 2 is 1.91 bits per heavy atom. The SMILES string of the molecule is NC(=O)c1ccc(N2CCc3ccccc3C2)c([N+](=O)[O-])c1. The van der Waals surface area contributed by atoms with Crippen LogP contribution in [0, 0.1) is 10.1 Å². The number of carbonyl (C=O) groups is 1. The molecule has 0 aromatic heterocycles. The standard InChI is InChI=1S/C16H15N3O3/c17-16(20)12-5-6-14(15(9-12)19(21)22)18-8-7-11-3-1-2-4-13(11)10-18/h1-6,9H,7-8,10H2,(H2,17,20). The molecule has 0 atom stereocenters. The average Bonchev–Trinajstić information content (AvgIpc) is 2.53. The highest BCUT2D eigenvalue weighted by Crippen LogP contribution is 2.32. The highest BCUT2D eigenvalue weighted by Gasteiger charge is 2.24. The molecule has 0 spiro atoms. The van der Waals surface area contributed by atoms with Crippen molar-refractivity contribution in [1.82, 2.24) is 0 Å². The lowest BCUT2D eigenvalue weighted by Crippen LogP contribution is -2.30. The van der Waals surface area contributed by atoms with Gasteiger partial charge in [-0.25, -0.2) is 0 Å². The van der Waals surface area contributed by atoms with Crippen molar-refractivity contribution in [2.24, 2.45) is 5.73 Å². The lowest BCUT2D eigenvalue weighted by Gasteiger charge is -2.30. The van der Waals surface area contributed by atoms with Crippen molar-refractivity contribution >= 4 is 17.3 Å². The second-order valence-corrected chi connectivity index (χ2v) is 5.27. The second-order valence-electron chi connectivity index (χ2n) is 5.27. The van der Waals surface area contributed by atoms with E-state index in [1.165, 1.54) is 23.3 Å². The van der Waals surface area contributed by atoms with Crippen LogP contribution in [-0.4, -0.2) is 17.4 Å². The van der Waals surface area contributed by atoms with Crippen molar-refractivity contribution in [1.29, 1.82) is 0 Å². The molecule has 2 aromatic rings. The van der Waals surface area contributed by atoms with Gasteiger partial charge in [0, 0.05) is 24.7 Å². The van der Waals surface area contributed by atoms with Crippen molar-refractivity contribution in [3.05, 3.63) is 69.3 Å². The summed E-state index contributed by atoms with van der Waals surface area (Å²) in [5, 5.41) is 11.3. The first-order chi connectivity index (χ1) is 10.6. The molecule has 0 fully saturated rings. The number of hydrogen-bond donors (Lipinski definition) is 1. The van der Waals surface area contributed by atoms with Gasteiger partial charge in [0.2, 0.25) is 5.91 Å². The zero-order valence-electron chi connectivity index (χ0n) is 11.9. The van der Waals surface area contributed by atoms with E-state index in [4.69, 9.17) is 5.73 Å². The molecule has 0 unspecified atom stereocenters. The van der Waals surface area contributed by atoms with E-state index in [1.807, 2.05) is 23.1 Å². The van der Waals surface area contributed by atoms with E-state index in [0.717, 1.165) is 6.42 Å². The van der Waals surface area contributed by atoms with Gasteiger partial charge in [0.05, 0.1) is 4.92 Å². The fourth-order valence-electron chi connectivity index (χ4n) is 2.79. The summed E-state index contributed by atoms with van der Waals surface area (Å²) >= 11 is 0. The Morgan fingerprint density at radius 3 is 2.59 bits per heavy atom. The first-order valence-corrected chi connectivity index (χ1v) is 6.96. The number of amides is 1. The van der Waals surface area contributed by atoms with Crippen molar-refractivity contribution < 1.29 is 9.72 Å². The Labute approximate surface area is 127 Å². The molecular weight excluding hydrogens is 282 g/mol. The third kappa shape index (κ3) is 2.50. The molecule has 1 amide bonds. The number of nitro benzene ring substituents is 1. The van der Waals surface area contributed by atoms with E-state index in [9.17, 15) is 14.9 Å². The third-order valence-electron chi connectivity index (χ3n) is 3.93. The molecule has 1 heterocycles. The number of anilines is 1. The molecule has 3 rings (SSSR count). The van der Waals surface area contributed by atoms with Crippen LogP contribution in [0.2, 0.25) is 0 Å². The van der Waals surface area contributed by atoms with Crippen LogP contribution in [0.5, 0.6) is 0 Å². The number of carbonyl (C=O) groups excluding carboxylic acids is 1. The van der Waals surface area contributed by atoms with Crippen LogP contribution in [0.1, 0.15) is 21.5 Å². The molecule has 1 aliphatic rings. The molecule has 0 bridgehead atoms. The summed E-state index contributed by atoms with van der Waals surface area (Å²) in [6, 6.07) is 12.5. The van der Waals surface area contributed by atoms with Crippen molar-refractivity contribution in [2.45, 2.75) is 13.0 Å². The third-order valence-corrected chi connectivity index (χ3v) is 3.93. The normalized spacial score (nSPS) is 13.5. The van der Waals surface area contributed by atoms with Crippen LogP contribution in [0.15, 0.2) is 42.5 Å². The molecule has 6 heteroatoms. The van der Waals surface area contributed by atoms with Gasteiger partial charge in [-0.2, -0.15) is 0 Å². The average molecular weight is 297 g/mol. The number of primary amides is 1. The number of nitrogens with zero attached hydrogens (tertiary/aromatic N) is 2. The highest BCUT2D eigenvalue weighted by molar-refractivity contribution is 5.94. The van der Waals surface area contributed by atoms with Crippen molar-refractivity contribution in [3.63, 3.8) is 0 Å². The molecule has 112 valence electrons. The van der Waals surface area contributed by atoms with Crippen LogP contribution in [-0.2, 0) is 13.0 Å². The Kier molecular flexibility index (Phi) is 3.50. The second kappa shape index (κ2) is 5.48. The molecular formula is C16H15N3O3. The molecule has 0 radical (unpaired) electrons. The van der Waals surface area contributed by atoms with Gasteiger partial charge in [0.15, 0.2) is 0 Å².